The first-order chi connectivity index (χ1) is 11.6. The predicted molar refractivity (Wildman–Crippen MR) is 92.6 cm³/mol. The Labute approximate surface area is 144 Å². The predicted octanol–water partition coefficient (Wildman–Crippen LogP) is 5.20. The van der Waals surface area contributed by atoms with E-state index in [0.717, 1.165) is 34.2 Å². The number of nitrogens with zero attached hydrogens (tertiary/aromatic N) is 1. The van der Waals surface area contributed by atoms with Gasteiger partial charge in [-0.15, -0.1) is 0 Å². The summed E-state index contributed by atoms with van der Waals surface area (Å²) >= 11 is 0. The van der Waals surface area contributed by atoms with Gasteiger partial charge in [0.25, 0.3) is 0 Å². The number of aryl methyl sites for hydroxylation is 4. The third-order valence-electron chi connectivity index (χ3n) is 4.83. The van der Waals surface area contributed by atoms with Crippen LogP contribution in [0, 0.1) is 20.8 Å². The fourth-order valence-corrected chi connectivity index (χ4v) is 3.46. The molecule has 0 radical (unpaired) electrons. The first-order valence-electron chi connectivity index (χ1n) is 8.02. The molecule has 1 atom stereocenters. The van der Waals surface area contributed by atoms with Crippen molar-refractivity contribution in [3.8, 4) is 0 Å². The molecule has 0 saturated heterocycles. The molecule has 1 unspecified atom stereocenters. The van der Waals surface area contributed by atoms with Crippen molar-refractivity contribution < 1.29 is 18.3 Å². The molecule has 1 N–H and O–H groups in total. The molecule has 2 nitrogen and oxygen atoms in total. The van der Waals surface area contributed by atoms with Crippen molar-refractivity contribution in [3.63, 3.8) is 0 Å². The molecule has 132 valence electrons. The van der Waals surface area contributed by atoms with Crippen LogP contribution in [0.2, 0.25) is 0 Å². The van der Waals surface area contributed by atoms with E-state index < -0.39 is 17.8 Å². The molecule has 0 spiro atoms. The maximum atomic E-state index is 13.1. The van der Waals surface area contributed by atoms with Crippen molar-refractivity contribution >= 4 is 10.9 Å². The molecule has 0 saturated carbocycles. The van der Waals surface area contributed by atoms with E-state index in [0.29, 0.717) is 16.8 Å². The number of rotatable bonds is 2. The van der Waals surface area contributed by atoms with E-state index in [1.54, 1.807) is 24.6 Å². The lowest BCUT2D eigenvalue weighted by molar-refractivity contribution is -0.137. The molecule has 0 bridgehead atoms. The standard InChI is InChI=1S/C20H20F3NO/c1-11-6-5-7-12(2)18(11)19(25)17-10-15-13(3)8-14(20(21,22)23)9-16(15)24(17)4/h5-10,19,25H,1-4H3. The normalized spacial score (nSPS) is 13.4. The van der Waals surface area contributed by atoms with Gasteiger partial charge in [0.2, 0.25) is 0 Å². The Bertz CT molecular complexity index is 933. The summed E-state index contributed by atoms with van der Waals surface area (Å²) in [5.74, 6) is 0. The second kappa shape index (κ2) is 5.92. The molecule has 25 heavy (non-hydrogen) atoms. The Kier molecular flexibility index (Phi) is 4.15. The van der Waals surface area contributed by atoms with Crippen LogP contribution in [0.25, 0.3) is 10.9 Å². The van der Waals surface area contributed by atoms with Crippen LogP contribution in [0.1, 0.15) is 39.6 Å². The Hall–Kier alpha value is -2.27. The zero-order chi connectivity index (χ0) is 18.5. The second-order valence-corrected chi connectivity index (χ2v) is 6.56. The number of fused-ring (bicyclic) bond motifs is 1. The largest absolute Gasteiger partial charge is 0.416 e. The van der Waals surface area contributed by atoms with E-state index >= 15 is 0 Å². The maximum Gasteiger partial charge on any atom is 0.416 e. The first-order valence-corrected chi connectivity index (χ1v) is 8.02. The lowest BCUT2D eigenvalue weighted by Gasteiger charge is -2.17. The number of hydrogen-bond acceptors (Lipinski definition) is 1. The van der Waals surface area contributed by atoms with E-state index in [-0.39, 0.29) is 0 Å². The van der Waals surface area contributed by atoms with Gasteiger partial charge >= 0.3 is 6.18 Å². The van der Waals surface area contributed by atoms with Gasteiger partial charge in [0.1, 0.15) is 6.10 Å². The van der Waals surface area contributed by atoms with Gasteiger partial charge in [-0.05, 0) is 61.2 Å². The minimum Gasteiger partial charge on any atom is -0.382 e. The molecule has 0 aliphatic rings. The van der Waals surface area contributed by atoms with E-state index in [1.807, 2.05) is 32.0 Å². The van der Waals surface area contributed by atoms with Crippen LogP contribution in [-0.2, 0) is 13.2 Å². The number of benzene rings is 2. The van der Waals surface area contributed by atoms with Gasteiger partial charge in [0, 0.05) is 18.0 Å². The van der Waals surface area contributed by atoms with Gasteiger partial charge in [-0.3, -0.25) is 0 Å². The van der Waals surface area contributed by atoms with Gasteiger partial charge < -0.3 is 9.67 Å². The summed E-state index contributed by atoms with van der Waals surface area (Å²) in [6, 6.07) is 9.83. The van der Waals surface area contributed by atoms with Crippen LogP contribution < -0.4 is 0 Å². The van der Waals surface area contributed by atoms with Crippen molar-refractivity contribution in [2.45, 2.75) is 33.1 Å². The molecule has 0 fully saturated rings. The lowest BCUT2D eigenvalue weighted by atomic mass is 9.96. The van der Waals surface area contributed by atoms with Crippen molar-refractivity contribution in [2.75, 3.05) is 0 Å². The molecular formula is C20H20F3NO. The highest BCUT2D eigenvalue weighted by molar-refractivity contribution is 5.85. The second-order valence-electron chi connectivity index (χ2n) is 6.56. The molecule has 0 amide bonds. The maximum absolute atomic E-state index is 13.1. The van der Waals surface area contributed by atoms with Crippen molar-refractivity contribution in [3.05, 3.63) is 69.9 Å². The van der Waals surface area contributed by atoms with Gasteiger partial charge in [-0.25, -0.2) is 0 Å². The third-order valence-corrected chi connectivity index (χ3v) is 4.83. The summed E-state index contributed by atoms with van der Waals surface area (Å²) in [5, 5.41) is 11.6. The highest BCUT2D eigenvalue weighted by atomic mass is 19.4. The van der Waals surface area contributed by atoms with E-state index in [2.05, 4.69) is 0 Å². The molecule has 1 heterocycles. The zero-order valence-electron chi connectivity index (χ0n) is 14.6. The molecule has 1 aromatic heterocycles. The molecule has 3 aromatic rings. The Balaban J connectivity index is 2.21. The molecule has 2 aromatic carbocycles. The Morgan fingerprint density at radius 2 is 1.56 bits per heavy atom. The van der Waals surface area contributed by atoms with Crippen LogP contribution in [0.3, 0.4) is 0 Å². The number of hydrogen-bond donors (Lipinski definition) is 1. The summed E-state index contributed by atoms with van der Waals surface area (Å²) in [5.41, 5.74) is 3.60. The smallest absolute Gasteiger partial charge is 0.382 e. The van der Waals surface area contributed by atoms with Crippen LogP contribution >= 0.6 is 0 Å². The SMILES string of the molecule is Cc1cccc(C)c1C(O)c1cc2c(C)cc(C(F)(F)F)cc2n1C. The fraction of sp³-hybridized carbons (Fsp3) is 0.300. The lowest BCUT2D eigenvalue weighted by Crippen LogP contribution is -2.09. The number of aliphatic hydroxyl groups is 1. The number of aromatic nitrogens is 1. The first kappa shape index (κ1) is 17.5. The molecule has 0 aliphatic heterocycles. The van der Waals surface area contributed by atoms with Crippen LogP contribution in [-0.4, -0.2) is 9.67 Å². The quantitative estimate of drug-likeness (QED) is 0.677. The van der Waals surface area contributed by atoms with E-state index in [1.165, 1.54) is 0 Å². The van der Waals surface area contributed by atoms with Crippen LogP contribution in [0.5, 0.6) is 0 Å². The summed E-state index contributed by atoms with van der Waals surface area (Å²) in [6.45, 7) is 5.50. The molecule has 0 aliphatic carbocycles. The summed E-state index contributed by atoms with van der Waals surface area (Å²) in [7, 11) is 1.69. The highest BCUT2D eigenvalue weighted by Gasteiger charge is 2.32. The average molecular weight is 347 g/mol. The summed E-state index contributed by atoms with van der Waals surface area (Å²) in [6.07, 6.45) is -5.29. The monoisotopic (exact) mass is 347 g/mol. The van der Waals surface area contributed by atoms with Crippen molar-refractivity contribution in [1.82, 2.24) is 4.57 Å². The zero-order valence-corrected chi connectivity index (χ0v) is 14.6. The third kappa shape index (κ3) is 2.93. The average Bonchev–Trinajstić information content (AvgIpc) is 2.84. The Morgan fingerprint density at radius 3 is 2.12 bits per heavy atom. The summed E-state index contributed by atoms with van der Waals surface area (Å²) < 4.78 is 41.0. The van der Waals surface area contributed by atoms with Gasteiger partial charge in [0.05, 0.1) is 11.3 Å². The Morgan fingerprint density at radius 1 is 0.960 bits per heavy atom. The van der Waals surface area contributed by atoms with Gasteiger partial charge in [0.15, 0.2) is 0 Å². The molecule has 5 heteroatoms. The minimum absolute atomic E-state index is 0.465. The van der Waals surface area contributed by atoms with Crippen LogP contribution in [0.4, 0.5) is 13.2 Å². The number of halogens is 3. The van der Waals surface area contributed by atoms with E-state index in [9.17, 15) is 18.3 Å². The number of aliphatic hydroxyl groups excluding tert-OH is 1. The minimum atomic E-state index is -4.39. The fourth-order valence-electron chi connectivity index (χ4n) is 3.46. The topological polar surface area (TPSA) is 25.2 Å². The van der Waals surface area contributed by atoms with Gasteiger partial charge in [-0.1, -0.05) is 18.2 Å². The number of alkyl halides is 3. The van der Waals surface area contributed by atoms with E-state index in [4.69, 9.17) is 0 Å². The molecule has 3 rings (SSSR count). The molecular weight excluding hydrogens is 327 g/mol. The van der Waals surface area contributed by atoms with Gasteiger partial charge in [-0.2, -0.15) is 13.2 Å². The highest BCUT2D eigenvalue weighted by Crippen LogP contribution is 2.36. The summed E-state index contributed by atoms with van der Waals surface area (Å²) in [4.78, 5) is 0. The van der Waals surface area contributed by atoms with Crippen molar-refractivity contribution in [2.24, 2.45) is 7.05 Å². The van der Waals surface area contributed by atoms with Crippen LogP contribution in [0.15, 0.2) is 36.4 Å². The van der Waals surface area contributed by atoms with Crippen molar-refractivity contribution in [1.29, 1.82) is 0 Å².